The van der Waals surface area contributed by atoms with Crippen LogP contribution in [0.15, 0.2) is 34.9 Å². The van der Waals surface area contributed by atoms with Crippen LogP contribution in [0, 0.1) is 13.8 Å². The van der Waals surface area contributed by atoms with E-state index in [-0.39, 0.29) is 5.91 Å². The third-order valence-electron chi connectivity index (χ3n) is 2.87. The molecule has 1 amide bonds. The molecule has 5 heteroatoms. The van der Waals surface area contributed by atoms with Gasteiger partial charge in [0.15, 0.2) is 0 Å². The minimum absolute atomic E-state index is 0.228. The molecule has 3 N–H and O–H groups in total. The molecule has 0 aliphatic heterocycles. The van der Waals surface area contributed by atoms with Crippen molar-refractivity contribution in [3.8, 4) is 0 Å². The first-order valence-corrected chi connectivity index (χ1v) is 6.58. The maximum absolute atomic E-state index is 12.2. The fourth-order valence-electron chi connectivity index (χ4n) is 1.73. The van der Waals surface area contributed by atoms with Gasteiger partial charge in [0.1, 0.15) is 4.60 Å². The van der Waals surface area contributed by atoms with E-state index in [1.54, 1.807) is 18.2 Å². The van der Waals surface area contributed by atoms with Crippen LogP contribution in [0.25, 0.3) is 0 Å². The SMILES string of the molecule is Cc1cccc(C(=O)Nc2ccc(Br)nc2C)c1N. The number of pyridine rings is 1. The van der Waals surface area contributed by atoms with Gasteiger partial charge in [-0.15, -0.1) is 0 Å². The van der Waals surface area contributed by atoms with E-state index in [1.807, 2.05) is 26.0 Å². The highest BCUT2D eigenvalue weighted by molar-refractivity contribution is 9.10. The van der Waals surface area contributed by atoms with Gasteiger partial charge in [-0.1, -0.05) is 12.1 Å². The van der Waals surface area contributed by atoms with Crippen molar-refractivity contribution in [2.75, 3.05) is 11.1 Å². The normalized spacial score (nSPS) is 10.3. The summed E-state index contributed by atoms with van der Waals surface area (Å²) in [6.07, 6.45) is 0. The summed E-state index contributed by atoms with van der Waals surface area (Å²) in [5.74, 6) is -0.228. The molecule has 0 aliphatic carbocycles. The van der Waals surface area contributed by atoms with Crippen molar-refractivity contribution in [3.05, 3.63) is 51.8 Å². The highest BCUT2D eigenvalue weighted by Gasteiger charge is 2.12. The van der Waals surface area contributed by atoms with Crippen molar-refractivity contribution in [2.24, 2.45) is 0 Å². The van der Waals surface area contributed by atoms with Gasteiger partial charge in [-0.05, 0) is 53.5 Å². The zero-order chi connectivity index (χ0) is 14.0. The standard InChI is InChI=1S/C14H14BrN3O/c1-8-4-3-5-10(13(8)16)14(19)18-11-6-7-12(15)17-9(11)2/h3-7H,16H2,1-2H3,(H,18,19). The van der Waals surface area contributed by atoms with Crippen molar-refractivity contribution < 1.29 is 4.79 Å². The van der Waals surface area contributed by atoms with Gasteiger partial charge in [-0.2, -0.15) is 0 Å². The third-order valence-corrected chi connectivity index (χ3v) is 3.31. The maximum atomic E-state index is 12.2. The first kappa shape index (κ1) is 13.5. The van der Waals surface area contributed by atoms with E-state index < -0.39 is 0 Å². The number of rotatable bonds is 2. The molecule has 1 aromatic carbocycles. The number of benzene rings is 1. The highest BCUT2D eigenvalue weighted by Crippen LogP contribution is 2.20. The molecule has 98 valence electrons. The van der Waals surface area contributed by atoms with E-state index in [0.29, 0.717) is 16.9 Å². The van der Waals surface area contributed by atoms with Crippen LogP contribution < -0.4 is 11.1 Å². The summed E-state index contributed by atoms with van der Waals surface area (Å²) in [6.45, 7) is 3.71. The van der Waals surface area contributed by atoms with Crippen molar-refractivity contribution in [3.63, 3.8) is 0 Å². The number of aryl methyl sites for hydroxylation is 2. The Kier molecular flexibility index (Phi) is 3.85. The first-order valence-electron chi connectivity index (χ1n) is 5.78. The molecule has 1 heterocycles. The molecule has 0 fully saturated rings. The number of nitrogens with two attached hydrogens (primary N) is 1. The number of nitrogen functional groups attached to an aromatic ring is 1. The number of amides is 1. The number of halogens is 1. The molecule has 0 radical (unpaired) electrons. The number of para-hydroxylation sites is 1. The molecule has 0 saturated heterocycles. The minimum atomic E-state index is -0.228. The molecule has 0 aliphatic rings. The van der Waals surface area contributed by atoms with E-state index in [2.05, 4.69) is 26.2 Å². The Hall–Kier alpha value is -1.88. The summed E-state index contributed by atoms with van der Waals surface area (Å²) in [5, 5.41) is 2.82. The van der Waals surface area contributed by atoms with Gasteiger partial charge in [-0.25, -0.2) is 4.98 Å². The lowest BCUT2D eigenvalue weighted by molar-refractivity contribution is 0.102. The van der Waals surface area contributed by atoms with Gasteiger partial charge >= 0.3 is 0 Å². The lowest BCUT2D eigenvalue weighted by Gasteiger charge is -2.10. The number of anilines is 2. The molecular weight excluding hydrogens is 306 g/mol. The fraction of sp³-hybridized carbons (Fsp3) is 0.143. The first-order chi connectivity index (χ1) is 8.99. The van der Waals surface area contributed by atoms with Crippen LogP contribution in [-0.2, 0) is 0 Å². The van der Waals surface area contributed by atoms with Crippen molar-refractivity contribution >= 4 is 33.2 Å². The molecule has 0 spiro atoms. The van der Waals surface area contributed by atoms with Gasteiger partial charge in [0.2, 0.25) is 0 Å². The van der Waals surface area contributed by atoms with E-state index in [1.165, 1.54) is 0 Å². The largest absolute Gasteiger partial charge is 0.398 e. The molecule has 0 atom stereocenters. The molecule has 4 nitrogen and oxygen atoms in total. The summed E-state index contributed by atoms with van der Waals surface area (Å²) < 4.78 is 0.734. The lowest BCUT2D eigenvalue weighted by atomic mass is 10.1. The topological polar surface area (TPSA) is 68.0 Å². The van der Waals surface area contributed by atoms with Gasteiger partial charge in [0.25, 0.3) is 5.91 Å². The Morgan fingerprint density at radius 2 is 2.00 bits per heavy atom. The van der Waals surface area contributed by atoms with Gasteiger partial charge in [-0.3, -0.25) is 4.79 Å². The average Bonchev–Trinajstić information content (AvgIpc) is 2.36. The Balaban J connectivity index is 2.28. The Morgan fingerprint density at radius 1 is 1.26 bits per heavy atom. The van der Waals surface area contributed by atoms with Crippen LogP contribution in [0.5, 0.6) is 0 Å². The second kappa shape index (κ2) is 5.40. The van der Waals surface area contributed by atoms with Crippen molar-refractivity contribution in [2.45, 2.75) is 13.8 Å². The van der Waals surface area contributed by atoms with Crippen LogP contribution in [-0.4, -0.2) is 10.9 Å². The van der Waals surface area contributed by atoms with E-state index in [4.69, 9.17) is 5.73 Å². The van der Waals surface area contributed by atoms with Crippen LogP contribution in [0.2, 0.25) is 0 Å². The smallest absolute Gasteiger partial charge is 0.257 e. The zero-order valence-corrected chi connectivity index (χ0v) is 12.3. The number of hydrogen-bond acceptors (Lipinski definition) is 3. The quantitative estimate of drug-likeness (QED) is 0.659. The van der Waals surface area contributed by atoms with Gasteiger partial charge in [0, 0.05) is 5.69 Å². The zero-order valence-electron chi connectivity index (χ0n) is 10.7. The summed E-state index contributed by atoms with van der Waals surface area (Å²) in [6, 6.07) is 8.98. The average molecular weight is 320 g/mol. The number of aromatic nitrogens is 1. The molecule has 19 heavy (non-hydrogen) atoms. The summed E-state index contributed by atoms with van der Waals surface area (Å²) >= 11 is 3.28. The summed E-state index contributed by atoms with van der Waals surface area (Å²) in [7, 11) is 0. The van der Waals surface area contributed by atoms with Crippen molar-refractivity contribution in [1.29, 1.82) is 0 Å². The summed E-state index contributed by atoms with van der Waals surface area (Å²) in [4.78, 5) is 16.4. The Labute approximate surface area is 120 Å². The van der Waals surface area contributed by atoms with Crippen molar-refractivity contribution in [1.82, 2.24) is 4.98 Å². The number of nitrogens with one attached hydrogen (secondary N) is 1. The van der Waals surface area contributed by atoms with Gasteiger partial charge < -0.3 is 11.1 Å². The lowest BCUT2D eigenvalue weighted by Crippen LogP contribution is -2.15. The molecule has 1 aromatic heterocycles. The van der Waals surface area contributed by atoms with Crippen LogP contribution in [0.4, 0.5) is 11.4 Å². The molecular formula is C14H14BrN3O. The van der Waals surface area contributed by atoms with Crippen LogP contribution in [0.1, 0.15) is 21.6 Å². The molecule has 2 aromatic rings. The maximum Gasteiger partial charge on any atom is 0.257 e. The predicted octanol–water partition coefficient (Wildman–Crippen LogP) is 3.30. The highest BCUT2D eigenvalue weighted by atomic mass is 79.9. The van der Waals surface area contributed by atoms with E-state index >= 15 is 0 Å². The Bertz CT molecular complexity index is 641. The third kappa shape index (κ3) is 2.93. The number of hydrogen-bond donors (Lipinski definition) is 2. The molecule has 0 saturated carbocycles. The van der Waals surface area contributed by atoms with E-state index in [0.717, 1.165) is 15.9 Å². The number of carbonyl (C=O) groups is 1. The monoisotopic (exact) mass is 319 g/mol. The fourth-order valence-corrected chi connectivity index (χ4v) is 2.13. The van der Waals surface area contributed by atoms with Crippen LogP contribution in [0.3, 0.4) is 0 Å². The Morgan fingerprint density at radius 3 is 2.68 bits per heavy atom. The number of carbonyl (C=O) groups excluding carboxylic acids is 1. The molecule has 2 rings (SSSR count). The summed E-state index contributed by atoms with van der Waals surface area (Å²) in [5.41, 5.74) is 9.20. The second-order valence-electron chi connectivity index (χ2n) is 4.26. The predicted molar refractivity (Wildman–Crippen MR) is 80.2 cm³/mol. The minimum Gasteiger partial charge on any atom is -0.398 e. The molecule has 0 unspecified atom stereocenters. The van der Waals surface area contributed by atoms with E-state index in [9.17, 15) is 4.79 Å². The molecule has 0 bridgehead atoms. The van der Waals surface area contributed by atoms with Gasteiger partial charge in [0.05, 0.1) is 16.9 Å². The second-order valence-corrected chi connectivity index (χ2v) is 5.07. The number of nitrogens with zero attached hydrogens (tertiary/aromatic N) is 1. The van der Waals surface area contributed by atoms with Crippen LogP contribution >= 0.6 is 15.9 Å².